The highest BCUT2D eigenvalue weighted by atomic mass is 16.7. The van der Waals surface area contributed by atoms with Crippen LogP contribution in [0.2, 0.25) is 0 Å². The van der Waals surface area contributed by atoms with Gasteiger partial charge in [-0.05, 0) is 6.58 Å². The second-order valence-electron chi connectivity index (χ2n) is 3.61. The molecule has 1 unspecified atom stereocenters. The molecule has 5 heteroatoms. The second kappa shape index (κ2) is 7.11. The van der Waals surface area contributed by atoms with E-state index in [1.54, 1.807) is 0 Å². The number of carbonyl (C=O) groups excluding carboxylic acids is 1. The van der Waals surface area contributed by atoms with E-state index in [0.29, 0.717) is 38.8 Å². The predicted octanol–water partition coefficient (Wildman–Crippen LogP) is 1.09. The van der Waals surface area contributed by atoms with Crippen LogP contribution in [0.3, 0.4) is 0 Å². The summed E-state index contributed by atoms with van der Waals surface area (Å²) in [7, 11) is 1.51. The van der Waals surface area contributed by atoms with Gasteiger partial charge in [-0.15, -0.1) is 0 Å². The Kier molecular flexibility index (Phi) is 5.71. The lowest BCUT2D eigenvalue weighted by Crippen LogP contribution is -2.11. The molecular weight excluding hydrogens is 212 g/mol. The largest absolute Gasteiger partial charge is 0.469 e. The maximum atomic E-state index is 10.8. The fraction of sp³-hybridized carbons (Fsp3) is 0.727. The maximum Gasteiger partial charge on any atom is 0.306 e. The van der Waals surface area contributed by atoms with Crippen LogP contribution >= 0.6 is 0 Å². The number of hydrogen-bond donors (Lipinski definition) is 0. The van der Waals surface area contributed by atoms with E-state index in [0.717, 1.165) is 6.42 Å². The zero-order valence-corrected chi connectivity index (χ0v) is 9.57. The number of rotatable bonds is 8. The summed E-state index contributed by atoms with van der Waals surface area (Å²) in [4.78, 5) is 10.8. The highest BCUT2D eigenvalue weighted by Gasteiger charge is 2.23. The Morgan fingerprint density at radius 1 is 1.56 bits per heavy atom. The van der Waals surface area contributed by atoms with Gasteiger partial charge in [-0.2, -0.15) is 0 Å². The molecule has 16 heavy (non-hydrogen) atoms. The minimum Gasteiger partial charge on any atom is -0.469 e. The molecule has 0 N–H and O–H groups in total. The minimum atomic E-state index is -0.131. The molecule has 1 heterocycles. The Labute approximate surface area is 95.3 Å². The van der Waals surface area contributed by atoms with E-state index in [-0.39, 0.29) is 11.9 Å². The Balaban J connectivity index is 1.88. The number of esters is 1. The van der Waals surface area contributed by atoms with E-state index in [9.17, 15) is 4.79 Å². The average molecular weight is 230 g/mol. The molecule has 1 atom stereocenters. The van der Waals surface area contributed by atoms with Gasteiger partial charge in [0, 0.05) is 18.9 Å². The summed E-state index contributed by atoms with van der Waals surface area (Å²) < 4.78 is 20.1. The summed E-state index contributed by atoms with van der Waals surface area (Å²) in [5.74, 6) is 0.394. The lowest BCUT2D eigenvalue weighted by Gasteiger charge is -2.09. The highest BCUT2D eigenvalue weighted by molar-refractivity contribution is 5.71. The molecule has 0 aromatic carbocycles. The van der Waals surface area contributed by atoms with E-state index < -0.39 is 0 Å². The molecule has 1 aliphatic heterocycles. The van der Waals surface area contributed by atoms with Crippen LogP contribution < -0.4 is 0 Å². The number of cyclic esters (lactones) is 1. The normalized spacial score (nSPS) is 19.3. The Morgan fingerprint density at radius 3 is 3.00 bits per heavy atom. The zero-order valence-electron chi connectivity index (χ0n) is 9.57. The molecule has 0 bridgehead atoms. The van der Waals surface area contributed by atoms with Gasteiger partial charge >= 0.3 is 5.97 Å². The summed E-state index contributed by atoms with van der Waals surface area (Å²) in [5, 5.41) is 0. The van der Waals surface area contributed by atoms with Gasteiger partial charge in [-0.25, -0.2) is 0 Å². The van der Waals surface area contributed by atoms with Crippen molar-refractivity contribution in [1.82, 2.24) is 0 Å². The molecule has 0 aliphatic carbocycles. The molecule has 0 aromatic heterocycles. The van der Waals surface area contributed by atoms with Crippen LogP contribution in [0.25, 0.3) is 0 Å². The van der Waals surface area contributed by atoms with Gasteiger partial charge in [0.05, 0.1) is 33.4 Å². The summed E-state index contributed by atoms with van der Waals surface area (Å²) in [6.07, 6.45) is 1.24. The Morgan fingerprint density at radius 2 is 2.38 bits per heavy atom. The first kappa shape index (κ1) is 12.8. The van der Waals surface area contributed by atoms with Crippen molar-refractivity contribution < 1.29 is 23.7 Å². The number of hydrogen-bond acceptors (Lipinski definition) is 5. The van der Waals surface area contributed by atoms with Crippen LogP contribution in [0.15, 0.2) is 12.5 Å². The van der Waals surface area contributed by atoms with Gasteiger partial charge in [-0.3, -0.25) is 4.79 Å². The van der Waals surface area contributed by atoms with Crippen LogP contribution in [0.1, 0.15) is 12.8 Å². The topological polar surface area (TPSA) is 54.0 Å². The lowest BCUT2D eigenvalue weighted by molar-refractivity contribution is -0.137. The lowest BCUT2D eigenvalue weighted by atomic mass is 10.1. The van der Waals surface area contributed by atoms with Gasteiger partial charge < -0.3 is 18.9 Å². The third-order valence-corrected chi connectivity index (χ3v) is 2.21. The smallest absolute Gasteiger partial charge is 0.306 e. The second-order valence-corrected chi connectivity index (χ2v) is 3.61. The van der Waals surface area contributed by atoms with Gasteiger partial charge in [-0.1, -0.05) is 0 Å². The van der Waals surface area contributed by atoms with Crippen molar-refractivity contribution >= 4 is 5.97 Å². The van der Waals surface area contributed by atoms with Crippen molar-refractivity contribution in [2.45, 2.75) is 12.8 Å². The molecule has 92 valence electrons. The van der Waals surface area contributed by atoms with E-state index in [2.05, 4.69) is 6.58 Å². The molecule has 0 aromatic rings. The van der Waals surface area contributed by atoms with Crippen molar-refractivity contribution in [1.29, 1.82) is 0 Å². The first-order valence-electron chi connectivity index (χ1n) is 5.31. The molecule has 0 radical (unpaired) electrons. The van der Waals surface area contributed by atoms with Crippen molar-refractivity contribution in [3.63, 3.8) is 0 Å². The molecule has 0 saturated carbocycles. The number of ether oxygens (including phenoxy) is 4. The van der Waals surface area contributed by atoms with Crippen LogP contribution in [0.5, 0.6) is 0 Å². The first-order valence-corrected chi connectivity index (χ1v) is 5.31. The number of carbonyl (C=O) groups is 1. The fourth-order valence-electron chi connectivity index (χ4n) is 1.33. The van der Waals surface area contributed by atoms with Crippen LogP contribution in [0.4, 0.5) is 0 Å². The quantitative estimate of drug-likeness (QED) is 0.355. The standard InChI is InChI=1S/C11H18O5/c1-9(13-2)15-5-3-4-14-7-10-6-11(12)16-8-10/h10H,1,3-8H2,2H3. The summed E-state index contributed by atoms with van der Waals surface area (Å²) in [5.41, 5.74) is 0. The third kappa shape index (κ3) is 5.02. The van der Waals surface area contributed by atoms with Gasteiger partial charge in [0.2, 0.25) is 0 Å². The monoisotopic (exact) mass is 230 g/mol. The first-order chi connectivity index (χ1) is 7.72. The summed E-state index contributed by atoms with van der Waals surface area (Å²) in [6, 6.07) is 0. The van der Waals surface area contributed by atoms with E-state index in [1.165, 1.54) is 7.11 Å². The minimum absolute atomic E-state index is 0.131. The zero-order chi connectivity index (χ0) is 11.8. The third-order valence-electron chi connectivity index (χ3n) is 2.21. The summed E-state index contributed by atoms with van der Waals surface area (Å²) >= 11 is 0. The number of methoxy groups -OCH3 is 1. The van der Waals surface area contributed by atoms with Crippen molar-refractivity contribution in [3.05, 3.63) is 12.5 Å². The van der Waals surface area contributed by atoms with Gasteiger partial charge in [0.25, 0.3) is 5.95 Å². The molecule has 0 spiro atoms. The summed E-state index contributed by atoms with van der Waals surface area (Å²) in [6.45, 7) is 5.69. The molecule has 5 nitrogen and oxygen atoms in total. The Bertz CT molecular complexity index is 239. The predicted molar refractivity (Wildman–Crippen MR) is 56.6 cm³/mol. The fourth-order valence-corrected chi connectivity index (χ4v) is 1.33. The molecule has 1 fully saturated rings. The molecule has 0 amide bonds. The molecule has 1 saturated heterocycles. The van der Waals surface area contributed by atoms with E-state index in [1.807, 2.05) is 0 Å². The molecule has 1 aliphatic rings. The van der Waals surface area contributed by atoms with Crippen molar-refractivity contribution in [2.75, 3.05) is 33.5 Å². The molecular formula is C11H18O5. The van der Waals surface area contributed by atoms with Gasteiger partial charge in [0.15, 0.2) is 0 Å². The van der Waals surface area contributed by atoms with E-state index in [4.69, 9.17) is 18.9 Å². The van der Waals surface area contributed by atoms with Crippen LogP contribution in [-0.2, 0) is 23.7 Å². The van der Waals surface area contributed by atoms with Crippen molar-refractivity contribution in [2.24, 2.45) is 5.92 Å². The van der Waals surface area contributed by atoms with Crippen LogP contribution in [0, 0.1) is 5.92 Å². The molecule has 1 rings (SSSR count). The van der Waals surface area contributed by atoms with Crippen LogP contribution in [-0.4, -0.2) is 39.5 Å². The average Bonchev–Trinajstić information content (AvgIpc) is 2.69. The SMILES string of the molecule is C=C(OC)OCCCOCC1COC(=O)C1. The van der Waals surface area contributed by atoms with E-state index >= 15 is 0 Å². The van der Waals surface area contributed by atoms with Crippen molar-refractivity contribution in [3.8, 4) is 0 Å². The maximum absolute atomic E-state index is 10.8. The highest BCUT2D eigenvalue weighted by Crippen LogP contribution is 2.13. The van der Waals surface area contributed by atoms with Gasteiger partial charge in [0.1, 0.15) is 0 Å². The Hall–Kier alpha value is -1.23.